The van der Waals surface area contributed by atoms with Gasteiger partial charge >= 0.3 is 0 Å². The molecule has 0 aromatic heterocycles. The third-order valence-electron chi connectivity index (χ3n) is 1.75. The highest BCUT2D eigenvalue weighted by Gasteiger charge is 2.17. The SMILES string of the molecule is O=C1CSC=NN1c1ccc(Cl)cc1. The summed E-state index contributed by atoms with van der Waals surface area (Å²) in [5, 5.41) is 6.02. The maximum atomic E-state index is 11.4. The molecule has 3 nitrogen and oxygen atoms in total. The minimum absolute atomic E-state index is 0.0141. The van der Waals surface area contributed by atoms with Gasteiger partial charge in [-0.1, -0.05) is 11.6 Å². The fourth-order valence-corrected chi connectivity index (χ4v) is 1.73. The molecule has 0 fully saturated rings. The zero-order valence-electron chi connectivity index (χ0n) is 7.18. The first-order chi connectivity index (χ1) is 6.77. The molecule has 1 amide bonds. The Morgan fingerprint density at radius 2 is 2.07 bits per heavy atom. The second-order valence-corrected chi connectivity index (χ2v) is 3.98. The molecule has 0 spiro atoms. The predicted molar refractivity (Wildman–Crippen MR) is 59.9 cm³/mol. The molecule has 0 N–H and O–H groups in total. The number of thioether (sulfide) groups is 1. The molecule has 0 saturated carbocycles. The lowest BCUT2D eigenvalue weighted by Crippen LogP contribution is -2.29. The van der Waals surface area contributed by atoms with Crippen LogP contribution in [0, 0.1) is 0 Å². The van der Waals surface area contributed by atoms with Crippen molar-refractivity contribution in [3.8, 4) is 0 Å². The quantitative estimate of drug-likeness (QED) is 0.737. The van der Waals surface area contributed by atoms with Crippen LogP contribution in [-0.2, 0) is 4.79 Å². The van der Waals surface area contributed by atoms with Gasteiger partial charge in [0, 0.05) is 5.02 Å². The zero-order chi connectivity index (χ0) is 9.97. The third kappa shape index (κ3) is 1.91. The van der Waals surface area contributed by atoms with E-state index in [0.29, 0.717) is 10.8 Å². The van der Waals surface area contributed by atoms with Gasteiger partial charge in [-0.25, -0.2) is 0 Å². The van der Waals surface area contributed by atoms with Crippen LogP contribution in [0.5, 0.6) is 0 Å². The van der Waals surface area contributed by atoms with Gasteiger partial charge < -0.3 is 0 Å². The summed E-state index contributed by atoms with van der Waals surface area (Å²) in [6.07, 6.45) is 0. The Morgan fingerprint density at radius 1 is 1.36 bits per heavy atom. The highest BCUT2D eigenvalue weighted by atomic mass is 35.5. The number of halogens is 1. The standard InChI is InChI=1S/C9H7ClN2OS/c10-7-1-3-8(4-2-7)12-9(13)5-14-6-11-12/h1-4,6H,5H2. The van der Waals surface area contributed by atoms with Crippen LogP contribution < -0.4 is 5.01 Å². The lowest BCUT2D eigenvalue weighted by molar-refractivity contribution is -0.116. The van der Waals surface area contributed by atoms with E-state index in [4.69, 9.17) is 11.6 Å². The summed E-state index contributed by atoms with van der Waals surface area (Å²) in [6.45, 7) is 0. The van der Waals surface area contributed by atoms with Crippen molar-refractivity contribution in [1.82, 2.24) is 0 Å². The highest BCUT2D eigenvalue weighted by Crippen LogP contribution is 2.21. The zero-order valence-corrected chi connectivity index (χ0v) is 8.76. The van der Waals surface area contributed by atoms with Crippen molar-refractivity contribution in [2.45, 2.75) is 0 Å². The van der Waals surface area contributed by atoms with Crippen molar-refractivity contribution < 1.29 is 4.79 Å². The first-order valence-corrected chi connectivity index (χ1v) is 5.42. The largest absolute Gasteiger partial charge is 0.272 e. The van der Waals surface area contributed by atoms with Gasteiger partial charge in [0.25, 0.3) is 5.91 Å². The normalized spacial score (nSPS) is 16.1. The summed E-state index contributed by atoms with van der Waals surface area (Å²) >= 11 is 7.14. The van der Waals surface area contributed by atoms with E-state index in [1.165, 1.54) is 16.8 Å². The molecule has 1 aliphatic rings. The minimum atomic E-state index is -0.0141. The molecule has 0 saturated heterocycles. The van der Waals surface area contributed by atoms with Gasteiger partial charge in [-0.05, 0) is 24.3 Å². The molecular weight excluding hydrogens is 220 g/mol. The highest BCUT2D eigenvalue weighted by molar-refractivity contribution is 8.12. The summed E-state index contributed by atoms with van der Waals surface area (Å²) in [4.78, 5) is 11.4. The van der Waals surface area contributed by atoms with Crippen molar-refractivity contribution in [3.63, 3.8) is 0 Å². The van der Waals surface area contributed by atoms with Crippen LogP contribution in [-0.4, -0.2) is 17.2 Å². The monoisotopic (exact) mass is 226 g/mol. The van der Waals surface area contributed by atoms with Gasteiger partial charge in [0.05, 0.1) is 17.0 Å². The van der Waals surface area contributed by atoms with Crippen molar-refractivity contribution in [2.75, 3.05) is 10.8 Å². The molecule has 72 valence electrons. The topological polar surface area (TPSA) is 32.7 Å². The summed E-state index contributed by atoms with van der Waals surface area (Å²) in [7, 11) is 0. The van der Waals surface area contributed by atoms with Crippen LogP contribution in [0.4, 0.5) is 5.69 Å². The van der Waals surface area contributed by atoms with E-state index < -0.39 is 0 Å². The smallest absolute Gasteiger partial charge is 0.257 e. The molecule has 0 unspecified atom stereocenters. The average Bonchev–Trinajstić information content (AvgIpc) is 2.20. The van der Waals surface area contributed by atoms with E-state index in [1.807, 2.05) is 0 Å². The van der Waals surface area contributed by atoms with Gasteiger partial charge in [0.2, 0.25) is 0 Å². The van der Waals surface area contributed by atoms with E-state index in [9.17, 15) is 4.79 Å². The van der Waals surface area contributed by atoms with Gasteiger partial charge in [-0.3, -0.25) is 4.79 Å². The van der Waals surface area contributed by atoms with E-state index >= 15 is 0 Å². The summed E-state index contributed by atoms with van der Waals surface area (Å²) in [6, 6.07) is 7.02. The third-order valence-corrected chi connectivity index (χ3v) is 2.66. The molecule has 0 radical (unpaired) electrons. The first kappa shape index (κ1) is 9.55. The van der Waals surface area contributed by atoms with Crippen molar-refractivity contribution in [1.29, 1.82) is 0 Å². The Morgan fingerprint density at radius 3 is 2.71 bits per heavy atom. The molecule has 0 atom stereocenters. The number of hydrogen-bond donors (Lipinski definition) is 0. The molecule has 0 aliphatic carbocycles. The molecule has 0 bridgehead atoms. The lowest BCUT2D eigenvalue weighted by atomic mass is 10.3. The van der Waals surface area contributed by atoms with Gasteiger partial charge in [0.1, 0.15) is 0 Å². The second kappa shape index (κ2) is 4.02. The number of nitrogens with zero attached hydrogens (tertiary/aromatic N) is 2. The number of carbonyl (C=O) groups is 1. The van der Waals surface area contributed by atoms with Crippen molar-refractivity contribution >= 4 is 40.5 Å². The molecule has 1 heterocycles. The fourth-order valence-electron chi connectivity index (χ4n) is 1.11. The Labute approximate surface area is 90.7 Å². The maximum absolute atomic E-state index is 11.4. The van der Waals surface area contributed by atoms with Crippen molar-refractivity contribution in [2.24, 2.45) is 5.10 Å². The number of hydrogen-bond acceptors (Lipinski definition) is 3. The number of rotatable bonds is 1. The van der Waals surface area contributed by atoms with Gasteiger partial charge in [-0.15, -0.1) is 11.8 Å². The van der Waals surface area contributed by atoms with Crippen LogP contribution in [0.25, 0.3) is 0 Å². The van der Waals surface area contributed by atoms with E-state index in [-0.39, 0.29) is 5.91 Å². The number of anilines is 1. The van der Waals surface area contributed by atoms with Gasteiger partial charge in [-0.2, -0.15) is 10.1 Å². The Bertz CT molecular complexity index is 377. The Kier molecular flexibility index (Phi) is 2.74. The van der Waals surface area contributed by atoms with Crippen LogP contribution in [0.2, 0.25) is 5.02 Å². The summed E-state index contributed by atoms with van der Waals surface area (Å²) in [5.41, 5.74) is 2.41. The average molecular weight is 227 g/mol. The first-order valence-electron chi connectivity index (χ1n) is 4.00. The van der Waals surface area contributed by atoms with Gasteiger partial charge in [0.15, 0.2) is 0 Å². The number of amides is 1. The second-order valence-electron chi connectivity index (χ2n) is 2.71. The fraction of sp³-hybridized carbons (Fsp3) is 0.111. The summed E-state index contributed by atoms with van der Waals surface area (Å²) in [5.74, 6) is 0.423. The summed E-state index contributed by atoms with van der Waals surface area (Å²) < 4.78 is 0. The Balaban J connectivity index is 2.29. The molecule has 2 rings (SSSR count). The van der Waals surface area contributed by atoms with Crippen LogP contribution in [0.3, 0.4) is 0 Å². The number of benzene rings is 1. The van der Waals surface area contributed by atoms with Crippen LogP contribution >= 0.6 is 23.4 Å². The van der Waals surface area contributed by atoms with Crippen LogP contribution in [0.1, 0.15) is 0 Å². The number of hydrazone groups is 1. The predicted octanol–water partition coefficient (Wildman–Crippen LogP) is 2.36. The van der Waals surface area contributed by atoms with E-state index in [0.717, 1.165) is 5.69 Å². The lowest BCUT2D eigenvalue weighted by Gasteiger charge is -2.19. The molecular formula is C9H7ClN2OS. The molecule has 1 aromatic rings. The van der Waals surface area contributed by atoms with Crippen LogP contribution in [0.15, 0.2) is 29.4 Å². The molecule has 1 aliphatic heterocycles. The van der Waals surface area contributed by atoms with E-state index in [2.05, 4.69) is 5.10 Å². The molecule has 1 aromatic carbocycles. The molecule has 14 heavy (non-hydrogen) atoms. The van der Waals surface area contributed by atoms with Crippen molar-refractivity contribution in [3.05, 3.63) is 29.3 Å². The van der Waals surface area contributed by atoms with E-state index in [1.54, 1.807) is 29.8 Å². The Hall–Kier alpha value is -1.00. The molecule has 5 heteroatoms. The minimum Gasteiger partial charge on any atom is -0.272 e. The number of carbonyl (C=O) groups excluding carboxylic acids is 1. The maximum Gasteiger partial charge on any atom is 0.257 e.